The quantitative estimate of drug-likeness (QED) is 0.343. The molecule has 0 aliphatic heterocycles. The van der Waals surface area contributed by atoms with Crippen LogP contribution in [-0.4, -0.2) is 17.5 Å². The van der Waals surface area contributed by atoms with E-state index in [0.717, 1.165) is 22.2 Å². The number of rotatable bonds is 6. The number of amides is 1. The lowest BCUT2D eigenvalue weighted by Gasteiger charge is -2.11. The molecule has 0 aliphatic rings. The summed E-state index contributed by atoms with van der Waals surface area (Å²) in [6.45, 7) is 8.76. The van der Waals surface area contributed by atoms with Gasteiger partial charge in [0.1, 0.15) is 11.3 Å². The van der Waals surface area contributed by atoms with E-state index in [0.29, 0.717) is 46.0 Å². The molecule has 1 N–H and O–H groups in total. The highest BCUT2D eigenvalue weighted by molar-refractivity contribution is 6.33. The molecule has 5 nitrogen and oxygen atoms in total. The molecule has 0 saturated carbocycles. The number of benzene rings is 3. The third kappa shape index (κ3) is 4.78. The lowest BCUT2D eigenvalue weighted by molar-refractivity contribution is 0.102. The van der Waals surface area contributed by atoms with Crippen molar-refractivity contribution in [1.82, 2.24) is 4.98 Å². The van der Waals surface area contributed by atoms with Crippen LogP contribution < -0.4 is 10.1 Å². The van der Waals surface area contributed by atoms with Crippen molar-refractivity contribution in [2.45, 2.75) is 27.7 Å². The van der Waals surface area contributed by atoms with E-state index in [1.807, 2.05) is 26.0 Å². The Morgan fingerprint density at radius 3 is 2.72 bits per heavy atom. The number of carbonyl (C=O) groups excluding carboxylic acids is 1. The summed E-state index contributed by atoms with van der Waals surface area (Å²) in [6, 6.07) is 16.4. The molecule has 4 aromatic rings. The highest BCUT2D eigenvalue weighted by Gasteiger charge is 2.15. The first kappa shape index (κ1) is 21.9. The number of aryl methyl sites for hydroxylation is 2. The van der Waals surface area contributed by atoms with E-state index in [4.69, 9.17) is 20.8 Å². The second kappa shape index (κ2) is 9.05. The minimum atomic E-state index is -0.239. The van der Waals surface area contributed by atoms with Crippen molar-refractivity contribution in [2.75, 3.05) is 11.9 Å². The van der Waals surface area contributed by atoms with E-state index >= 15 is 0 Å². The van der Waals surface area contributed by atoms with Gasteiger partial charge < -0.3 is 14.5 Å². The summed E-state index contributed by atoms with van der Waals surface area (Å²) >= 11 is 6.43. The van der Waals surface area contributed by atoms with Crippen LogP contribution in [0, 0.1) is 19.8 Å². The largest absolute Gasteiger partial charge is 0.493 e. The summed E-state index contributed by atoms with van der Waals surface area (Å²) in [5.41, 5.74) is 5.36. The molecule has 0 atom stereocenters. The van der Waals surface area contributed by atoms with Gasteiger partial charge in [-0.15, -0.1) is 0 Å². The Morgan fingerprint density at radius 1 is 1.12 bits per heavy atom. The van der Waals surface area contributed by atoms with Crippen molar-refractivity contribution in [3.05, 3.63) is 76.3 Å². The number of hydrogen-bond acceptors (Lipinski definition) is 4. The maximum atomic E-state index is 12.8. The first-order valence-electron chi connectivity index (χ1n) is 10.5. The molecule has 0 unspecified atom stereocenters. The SMILES string of the molecule is Cc1cc(C)c2oc(-c3cc(NC(=O)c4cccc(OCC(C)C)c4)ccc3Cl)nc2c1. The molecule has 32 heavy (non-hydrogen) atoms. The van der Waals surface area contributed by atoms with Gasteiger partial charge in [-0.2, -0.15) is 0 Å². The van der Waals surface area contributed by atoms with Gasteiger partial charge in [0.15, 0.2) is 5.58 Å². The van der Waals surface area contributed by atoms with E-state index in [-0.39, 0.29) is 5.91 Å². The molecule has 0 bridgehead atoms. The van der Waals surface area contributed by atoms with Crippen molar-refractivity contribution < 1.29 is 13.9 Å². The van der Waals surface area contributed by atoms with Gasteiger partial charge in [-0.3, -0.25) is 4.79 Å². The number of carbonyl (C=O) groups is 1. The maximum absolute atomic E-state index is 12.8. The van der Waals surface area contributed by atoms with Crippen LogP contribution in [0.2, 0.25) is 5.02 Å². The molecule has 3 aromatic carbocycles. The van der Waals surface area contributed by atoms with E-state index in [1.54, 1.807) is 36.4 Å². The van der Waals surface area contributed by atoms with E-state index < -0.39 is 0 Å². The van der Waals surface area contributed by atoms with Gasteiger partial charge in [-0.05, 0) is 73.4 Å². The van der Waals surface area contributed by atoms with Gasteiger partial charge in [0.05, 0.1) is 17.2 Å². The molecule has 0 saturated heterocycles. The van der Waals surface area contributed by atoms with Gasteiger partial charge >= 0.3 is 0 Å². The number of hydrogen-bond donors (Lipinski definition) is 1. The lowest BCUT2D eigenvalue weighted by atomic mass is 10.1. The minimum absolute atomic E-state index is 0.239. The molecule has 4 rings (SSSR count). The third-order valence-corrected chi connectivity index (χ3v) is 5.28. The second-order valence-electron chi connectivity index (χ2n) is 8.33. The monoisotopic (exact) mass is 448 g/mol. The molecule has 6 heteroatoms. The van der Waals surface area contributed by atoms with Crippen molar-refractivity contribution in [1.29, 1.82) is 0 Å². The van der Waals surface area contributed by atoms with E-state index in [1.165, 1.54) is 0 Å². The Bertz CT molecular complexity index is 1290. The highest BCUT2D eigenvalue weighted by Crippen LogP contribution is 2.33. The first-order chi connectivity index (χ1) is 15.3. The van der Waals surface area contributed by atoms with E-state index in [9.17, 15) is 4.79 Å². The van der Waals surface area contributed by atoms with Crippen LogP contribution in [0.4, 0.5) is 5.69 Å². The number of nitrogens with zero attached hydrogens (tertiary/aromatic N) is 1. The number of halogens is 1. The number of oxazole rings is 1. The van der Waals surface area contributed by atoms with Crippen molar-refractivity contribution >= 4 is 34.3 Å². The highest BCUT2D eigenvalue weighted by atomic mass is 35.5. The Morgan fingerprint density at radius 2 is 1.94 bits per heavy atom. The molecule has 164 valence electrons. The zero-order valence-corrected chi connectivity index (χ0v) is 19.3. The Hall–Kier alpha value is -3.31. The van der Waals surface area contributed by atoms with Crippen molar-refractivity contribution in [3.63, 3.8) is 0 Å². The fourth-order valence-corrected chi connectivity index (χ4v) is 3.65. The molecule has 1 heterocycles. The summed E-state index contributed by atoms with van der Waals surface area (Å²) in [7, 11) is 0. The zero-order valence-electron chi connectivity index (χ0n) is 18.5. The van der Waals surface area contributed by atoms with Crippen molar-refractivity contribution in [2.24, 2.45) is 5.92 Å². The van der Waals surface area contributed by atoms with E-state index in [2.05, 4.69) is 30.2 Å². The number of anilines is 1. The van der Waals surface area contributed by atoms with Gasteiger partial charge in [0.2, 0.25) is 5.89 Å². The predicted molar refractivity (Wildman–Crippen MR) is 129 cm³/mol. The summed E-state index contributed by atoms with van der Waals surface area (Å²) < 4.78 is 11.7. The van der Waals surface area contributed by atoms with Crippen LogP contribution in [0.15, 0.2) is 59.0 Å². The summed E-state index contributed by atoms with van der Waals surface area (Å²) in [6.07, 6.45) is 0. The predicted octanol–water partition coefficient (Wildman–Crippen LogP) is 7.05. The molecule has 0 fully saturated rings. The second-order valence-corrected chi connectivity index (χ2v) is 8.74. The van der Waals surface area contributed by atoms with Crippen LogP contribution in [0.3, 0.4) is 0 Å². The maximum Gasteiger partial charge on any atom is 0.255 e. The smallest absolute Gasteiger partial charge is 0.255 e. The summed E-state index contributed by atoms with van der Waals surface area (Å²) in [4.78, 5) is 17.4. The molecular formula is C26H25ClN2O3. The lowest BCUT2D eigenvalue weighted by Crippen LogP contribution is -2.12. The molecule has 1 aromatic heterocycles. The fourth-order valence-electron chi connectivity index (χ4n) is 3.45. The first-order valence-corrected chi connectivity index (χ1v) is 10.9. The number of nitrogens with one attached hydrogen (secondary N) is 1. The molecular weight excluding hydrogens is 424 g/mol. The molecule has 0 spiro atoms. The Kier molecular flexibility index (Phi) is 6.19. The molecule has 0 aliphatic carbocycles. The number of ether oxygens (including phenoxy) is 1. The summed E-state index contributed by atoms with van der Waals surface area (Å²) in [5, 5.41) is 3.41. The van der Waals surface area contributed by atoms with Crippen LogP contribution in [0.1, 0.15) is 35.3 Å². The fraction of sp³-hybridized carbons (Fsp3) is 0.231. The van der Waals surface area contributed by atoms with Crippen LogP contribution in [0.25, 0.3) is 22.6 Å². The average molecular weight is 449 g/mol. The normalized spacial score (nSPS) is 11.2. The Labute approximate surface area is 192 Å². The van der Waals surface area contributed by atoms with Gasteiger partial charge in [-0.1, -0.05) is 37.6 Å². The minimum Gasteiger partial charge on any atom is -0.493 e. The Balaban J connectivity index is 1.59. The van der Waals surface area contributed by atoms with Crippen LogP contribution in [0.5, 0.6) is 5.75 Å². The number of fused-ring (bicyclic) bond motifs is 1. The third-order valence-electron chi connectivity index (χ3n) is 4.95. The summed E-state index contributed by atoms with van der Waals surface area (Å²) in [5.74, 6) is 1.25. The zero-order chi connectivity index (χ0) is 22.8. The van der Waals surface area contributed by atoms with Crippen LogP contribution in [-0.2, 0) is 0 Å². The van der Waals surface area contributed by atoms with Crippen molar-refractivity contribution in [3.8, 4) is 17.2 Å². The standard InChI is InChI=1S/C26H25ClN2O3/c1-15(2)14-31-20-7-5-6-18(12-20)25(30)28-19-8-9-22(27)21(13-19)26-29-23-11-16(3)10-17(4)24(23)32-26/h5-13,15H,14H2,1-4H3,(H,28,30). The van der Waals surface area contributed by atoms with Gasteiger partial charge in [0, 0.05) is 11.3 Å². The molecule has 1 amide bonds. The average Bonchev–Trinajstić information content (AvgIpc) is 3.18. The topological polar surface area (TPSA) is 64.4 Å². The van der Waals surface area contributed by atoms with Gasteiger partial charge in [-0.25, -0.2) is 4.98 Å². The van der Waals surface area contributed by atoms with Crippen LogP contribution >= 0.6 is 11.6 Å². The molecule has 0 radical (unpaired) electrons. The number of aromatic nitrogens is 1. The van der Waals surface area contributed by atoms with Gasteiger partial charge in [0.25, 0.3) is 5.91 Å².